The summed E-state index contributed by atoms with van der Waals surface area (Å²) in [7, 11) is 1.97. The van der Waals surface area contributed by atoms with E-state index in [0.29, 0.717) is 5.25 Å². The molecule has 0 atom stereocenters. The number of benzene rings is 1. The minimum absolute atomic E-state index is 0.611. The minimum atomic E-state index is 0.611. The van der Waals surface area contributed by atoms with E-state index in [2.05, 4.69) is 31.3 Å². The fraction of sp³-hybridized carbons (Fsp3) is 0.500. The van der Waals surface area contributed by atoms with Crippen molar-refractivity contribution < 1.29 is 0 Å². The summed E-state index contributed by atoms with van der Waals surface area (Å²) in [6.07, 6.45) is 1.03. The smallest absolute Gasteiger partial charge is 0.0409 e. The van der Waals surface area contributed by atoms with E-state index in [1.807, 2.05) is 24.9 Å². The Hall–Kier alpha value is -0.180. The maximum absolute atomic E-state index is 6.00. The van der Waals surface area contributed by atoms with Crippen LogP contribution in [0.1, 0.15) is 19.4 Å². The summed E-state index contributed by atoms with van der Waals surface area (Å²) in [5, 5.41) is 4.60. The quantitative estimate of drug-likeness (QED) is 0.794. The van der Waals surface area contributed by atoms with E-state index in [4.69, 9.17) is 11.6 Å². The van der Waals surface area contributed by atoms with Crippen LogP contribution >= 0.6 is 23.4 Å². The molecule has 0 radical (unpaired) electrons. The molecule has 84 valence electrons. The first-order chi connectivity index (χ1) is 7.13. The van der Waals surface area contributed by atoms with Gasteiger partial charge in [-0.3, -0.25) is 0 Å². The number of halogens is 1. The molecule has 0 aliphatic carbocycles. The van der Waals surface area contributed by atoms with E-state index in [9.17, 15) is 0 Å². The summed E-state index contributed by atoms with van der Waals surface area (Å²) in [5.41, 5.74) is 1.34. The Morgan fingerprint density at radius 1 is 1.40 bits per heavy atom. The second-order valence-electron chi connectivity index (χ2n) is 3.77. The van der Waals surface area contributed by atoms with Gasteiger partial charge in [-0.2, -0.15) is 0 Å². The van der Waals surface area contributed by atoms with E-state index >= 15 is 0 Å². The van der Waals surface area contributed by atoms with Crippen molar-refractivity contribution in [2.24, 2.45) is 0 Å². The molecule has 1 nitrogen and oxygen atoms in total. The van der Waals surface area contributed by atoms with Gasteiger partial charge in [0.1, 0.15) is 0 Å². The molecule has 1 aromatic rings. The number of thioether (sulfide) groups is 1. The van der Waals surface area contributed by atoms with E-state index < -0.39 is 0 Å². The monoisotopic (exact) mass is 243 g/mol. The second kappa shape index (κ2) is 6.41. The molecule has 15 heavy (non-hydrogen) atoms. The van der Waals surface area contributed by atoms with E-state index in [-0.39, 0.29) is 0 Å². The first-order valence-corrected chi connectivity index (χ1v) is 6.49. The largest absolute Gasteiger partial charge is 0.319 e. The molecular formula is C12H18ClNS. The van der Waals surface area contributed by atoms with Crippen LogP contribution in [-0.4, -0.2) is 18.8 Å². The van der Waals surface area contributed by atoms with Gasteiger partial charge in [-0.25, -0.2) is 0 Å². The van der Waals surface area contributed by atoms with Gasteiger partial charge in [0.2, 0.25) is 0 Å². The Kier molecular flexibility index (Phi) is 5.51. The van der Waals surface area contributed by atoms with Crippen LogP contribution in [0.4, 0.5) is 0 Å². The lowest BCUT2D eigenvalue weighted by molar-refractivity contribution is 0.783. The molecular weight excluding hydrogens is 226 g/mol. The number of rotatable bonds is 5. The molecule has 1 N–H and O–H groups in total. The maximum atomic E-state index is 6.00. The highest BCUT2D eigenvalue weighted by Gasteiger charge is 2.05. The average molecular weight is 244 g/mol. The molecule has 3 heteroatoms. The molecule has 1 aromatic carbocycles. The molecule has 0 saturated carbocycles. The predicted octanol–water partition coefficient (Wildman–Crippen LogP) is 3.60. The molecule has 0 aliphatic heterocycles. The summed E-state index contributed by atoms with van der Waals surface area (Å²) in [6.45, 7) is 5.41. The highest BCUT2D eigenvalue weighted by molar-refractivity contribution is 8.00. The normalized spacial score (nSPS) is 11.0. The summed E-state index contributed by atoms with van der Waals surface area (Å²) in [6, 6.07) is 6.16. The molecule has 0 saturated heterocycles. The Balaban J connectivity index is 2.82. The molecule has 0 bridgehead atoms. The van der Waals surface area contributed by atoms with Crippen LogP contribution in [0, 0.1) is 0 Å². The van der Waals surface area contributed by atoms with Gasteiger partial charge in [0.25, 0.3) is 0 Å². The van der Waals surface area contributed by atoms with Crippen LogP contribution < -0.4 is 5.32 Å². The maximum Gasteiger partial charge on any atom is 0.0409 e. The minimum Gasteiger partial charge on any atom is -0.319 e. The Labute approximate surface area is 102 Å². The van der Waals surface area contributed by atoms with Gasteiger partial charge in [-0.1, -0.05) is 25.4 Å². The third-order valence-corrected chi connectivity index (χ3v) is 3.39. The zero-order chi connectivity index (χ0) is 11.3. The molecule has 0 aliphatic rings. The Bertz CT molecular complexity index is 312. The SMILES string of the molecule is CNCCc1cc(Cl)ccc1SC(C)C. The van der Waals surface area contributed by atoms with Gasteiger partial charge in [0.05, 0.1) is 0 Å². The summed E-state index contributed by atoms with van der Waals surface area (Å²) < 4.78 is 0. The number of hydrogen-bond acceptors (Lipinski definition) is 2. The van der Waals surface area contributed by atoms with Crippen molar-refractivity contribution in [1.82, 2.24) is 5.32 Å². The first-order valence-electron chi connectivity index (χ1n) is 5.23. The third kappa shape index (κ3) is 4.45. The van der Waals surface area contributed by atoms with Crippen molar-refractivity contribution in [3.63, 3.8) is 0 Å². The topological polar surface area (TPSA) is 12.0 Å². The molecule has 0 fully saturated rings. The van der Waals surface area contributed by atoms with Crippen molar-refractivity contribution in [2.75, 3.05) is 13.6 Å². The highest BCUT2D eigenvalue weighted by Crippen LogP contribution is 2.29. The number of nitrogens with one attached hydrogen (secondary N) is 1. The Morgan fingerprint density at radius 3 is 2.73 bits per heavy atom. The zero-order valence-electron chi connectivity index (χ0n) is 9.51. The average Bonchev–Trinajstić information content (AvgIpc) is 2.18. The lowest BCUT2D eigenvalue weighted by atomic mass is 10.1. The number of hydrogen-bond donors (Lipinski definition) is 1. The van der Waals surface area contributed by atoms with E-state index in [1.165, 1.54) is 10.5 Å². The second-order valence-corrected chi connectivity index (χ2v) is 5.83. The standard InChI is InChI=1S/C12H18ClNS/c1-9(2)15-12-5-4-11(13)8-10(12)6-7-14-3/h4-5,8-9,14H,6-7H2,1-3H3. The van der Waals surface area contributed by atoms with Crippen LogP contribution in [0.15, 0.2) is 23.1 Å². The van der Waals surface area contributed by atoms with E-state index in [1.54, 1.807) is 0 Å². The molecule has 1 rings (SSSR count). The van der Waals surface area contributed by atoms with Gasteiger partial charge < -0.3 is 5.32 Å². The van der Waals surface area contributed by atoms with Gasteiger partial charge >= 0.3 is 0 Å². The summed E-state index contributed by atoms with van der Waals surface area (Å²) >= 11 is 7.90. The molecule has 0 aromatic heterocycles. The Morgan fingerprint density at radius 2 is 2.13 bits per heavy atom. The van der Waals surface area contributed by atoms with Crippen LogP contribution in [0.5, 0.6) is 0 Å². The van der Waals surface area contributed by atoms with Gasteiger partial charge in [-0.05, 0) is 43.8 Å². The fourth-order valence-corrected chi connectivity index (χ4v) is 2.53. The van der Waals surface area contributed by atoms with Crippen LogP contribution in [0.25, 0.3) is 0 Å². The molecule has 0 amide bonds. The van der Waals surface area contributed by atoms with E-state index in [0.717, 1.165) is 18.0 Å². The van der Waals surface area contributed by atoms with Gasteiger partial charge in [0, 0.05) is 15.2 Å². The van der Waals surface area contributed by atoms with Crippen molar-refractivity contribution in [3.05, 3.63) is 28.8 Å². The van der Waals surface area contributed by atoms with Crippen molar-refractivity contribution >= 4 is 23.4 Å². The fourth-order valence-electron chi connectivity index (χ4n) is 1.37. The van der Waals surface area contributed by atoms with Gasteiger partial charge in [-0.15, -0.1) is 11.8 Å². The first kappa shape index (κ1) is 12.9. The van der Waals surface area contributed by atoms with Gasteiger partial charge in [0.15, 0.2) is 0 Å². The lowest BCUT2D eigenvalue weighted by Crippen LogP contribution is -2.11. The molecule has 0 unspecified atom stereocenters. The highest BCUT2D eigenvalue weighted by atomic mass is 35.5. The molecule has 0 spiro atoms. The van der Waals surface area contributed by atoms with Crippen molar-refractivity contribution in [1.29, 1.82) is 0 Å². The summed E-state index contributed by atoms with van der Waals surface area (Å²) in [5.74, 6) is 0. The third-order valence-electron chi connectivity index (χ3n) is 2.03. The van der Waals surface area contributed by atoms with Crippen LogP contribution in [-0.2, 0) is 6.42 Å². The lowest BCUT2D eigenvalue weighted by Gasteiger charge is -2.11. The summed E-state index contributed by atoms with van der Waals surface area (Å²) in [4.78, 5) is 1.35. The van der Waals surface area contributed by atoms with Crippen LogP contribution in [0.3, 0.4) is 0 Å². The zero-order valence-corrected chi connectivity index (χ0v) is 11.1. The number of likely N-dealkylation sites (N-methyl/N-ethyl adjacent to an activating group) is 1. The van der Waals surface area contributed by atoms with Crippen molar-refractivity contribution in [3.8, 4) is 0 Å². The predicted molar refractivity (Wildman–Crippen MR) is 70.1 cm³/mol. The molecule has 0 heterocycles. The van der Waals surface area contributed by atoms with Crippen molar-refractivity contribution in [2.45, 2.75) is 30.4 Å². The van der Waals surface area contributed by atoms with Crippen LogP contribution in [0.2, 0.25) is 5.02 Å².